The van der Waals surface area contributed by atoms with Crippen molar-refractivity contribution in [2.75, 3.05) is 10.8 Å². The zero-order valence-electron chi connectivity index (χ0n) is 16.8. The molecule has 1 amide bonds. The number of anilines is 1. The number of non-ortho nitro benzene ring substituents is 1. The van der Waals surface area contributed by atoms with Gasteiger partial charge in [0, 0.05) is 17.7 Å². The lowest BCUT2D eigenvalue weighted by Gasteiger charge is -2.23. The van der Waals surface area contributed by atoms with Crippen LogP contribution in [-0.4, -0.2) is 32.0 Å². The van der Waals surface area contributed by atoms with Crippen LogP contribution in [0.4, 0.5) is 15.8 Å². The number of sulfonamides is 1. The average molecular weight is 491 g/mol. The predicted molar refractivity (Wildman–Crippen MR) is 121 cm³/mol. The van der Waals surface area contributed by atoms with Gasteiger partial charge in [-0.25, -0.2) is 18.2 Å². The van der Waals surface area contributed by atoms with E-state index in [-0.39, 0.29) is 26.9 Å². The van der Waals surface area contributed by atoms with Crippen molar-refractivity contribution in [2.24, 2.45) is 5.10 Å². The van der Waals surface area contributed by atoms with Crippen molar-refractivity contribution in [1.82, 2.24) is 5.43 Å². The Bertz CT molecular complexity index is 1280. The summed E-state index contributed by atoms with van der Waals surface area (Å²) in [6.45, 7) is -0.697. The highest BCUT2D eigenvalue weighted by Gasteiger charge is 2.27. The Balaban J connectivity index is 1.87. The van der Waals surface area contributed by atoms with Gasteiger partial charge in [0.05, 0.1) is 26.7 Å². The van der Waals surface area contributed by atoms with Gasteiger partial charge in [-0.2, -0.15) is 5.10 Å². The van der Waals surface area contributed by atoms with Crippen LogP contribution in [0.2, 0.25) is 5.02 Å². The minimum absolute atomic E-state index is 0.0285. The molecular formula is C21H16ClFN4O5S. The van der Waals surface area contributed by atoms with Crippen LogP contribution in [0.15, 0.2) is 82.8 Å². The van der Waals surface area contributed by atoms with Crippen LogP contribution < -0.4 is 9.73 Å². The van der Waals surface area contributed by atoms with Gasteiger partial charge in [0.25, 0.3) is 21.6 Å². The van der Waals surface area contributed by atoms with Crippen molar-refractivity contribution < 1.29 is 22.5 Å². The number of hydrazone groups is 1. The smallest absolute Gasteiger partial charge is 0.269 e. The highest BCUT2D eigenvalue weighted by atomic mass is 35.5. The van der Waals surface area contributed by atoms with E-state index in [0.29, 0.717) is 0 Å². The number of amides is 1. The number of hydrogen-bond donors (Lipinski definition) is 1. The molecule has 0 radical (unpaired) electrons. The summed E-state index contributed by atoms with van der Waals surface area (Å²) in [6.07, 6.45) is 0.997. The van der Waals surface area contributed by atoms with E-state index in [0.717, 1.165) is 28.7 Å². The summed E-state index contributed by atoms with van der Waals surface area (Å²) in [5, 5.41) is 14.6. The topological polar surface area (TPSA) is 122 Å². The van der Waals surface area contributed by atoms with Crippen LogP contribution in [0.1, 0.15) is 5.56 Å². The fraction of sp³-hybridized carbons (Fsp3) is 0.0476. The van der Waals surface area contributed by atoms with Gasteiger partial charge in [-0.1, -0.05) is 35.9 Å². The molecule has 0 aliphatic heterocycles. The third kappa shape index (κ3) is 5.70. The quantitative estimate of drug-likeness (QED) is 0.293. The summed E-state index contributed by atoms with van der Waals surface area (Å²) in [5.41, 5.74) is 1.86. The molecule has 9 nitrogen and oxygen atoms in total. The molecule has 1 N–H and O–H groups in total. The molecule has 0 spiro atoms. The first kappa shape index (κ1) is 23.8. The summed E-state index contributed by atoms with van der Waals surface area (Å²) in [6, 6.07) is 16.1. The second-order valence-electron chi connectivity index (χ2n) is 6.53. The van der Waals surface area contributed by atoms with Crippen molar-refractivity contribution in [3.63, 3.8) is 0 Å². The van der Waals surface area contributed by atoms with E-state index in [1.807, 2.05) is 0 Å². The molecule has 3 rings (SSSR count). The standard InChI is InChI=1S/C21H16ClFN4O5S/c22-19-7-4-8-20(23)18(19)13-24-25-21(28)14-26(15-9-11-16(12-10-15)27(29)30)33(31,32)17-5-2-1-3-6-17/h1-13H,14H2,(H,25,28)/b24-13-. The predicted octanol–water partition coefficient (Wildman–Crippen LogP) is 3.73. The van der Waals surface area contributed by atoms with Crippen molar-refractivity contribution in [3.8, 4) is 0 Å². The molecular weight excluding hydrogens is 475 g/mol. The van der Waals surface area contributed by atoms with Crippen molar-refractivity contribution >= 4 is 45.1 Å². The van der Waals surface area contributed by atoms with E-state index in [1.54, 1.807) is 6.07 Å². The van der Waals surface area contributed by atoms with E-state index in [9.17, 15) is 27.7 Å². The number of nitro groups is 1. The van der Waals surface area contributed by atoms with Crippen molar-refractivity contribution in [1.29, 1.82) is 0 Å². The Labute approximate surface area is 193 Å². The molecule has 3 aromatic rings. The first-order chi connectivity index (χ1) is 15.7. The largest absolute Gasteiger partial charge is 0.271 e. The molecule has 3 aromatic carbocycles. The van der Waals surface area contributed by atoms with E-state index < -0.39 is 33.2 Å². The third-order valence-corrected chi connectivity index (χ3v) is 6.47. The Hall–Kier alpha value is -3.83. The first-order valence-electron chi connectivity index (χ1n) is 9.28. The van der Waals surface area contributed by atoms with Gasteiger partial charge in [0.15, 0.2) is 0 Å². The van der Waals surface area contributed by atoms with Gasteiger partial charge in [-0.15, -0.1) is 0 Å². The van der Waals surface area contributed by atoms with Crippen LogP contribution in [0.25, 0.3) is 0 Å². The lowest BCUT2D eigenvalue weighted by atomic mass is 10.2. The number of halogens is 2. The number of hydrogen-bond acceptors (Lipinski definition) is 6. The summed E-state index contributed by atoms with van der Waals surface area (Å²) >= 11 is 5.89. The van der Waals surface area contributed by atoms with E-state index in [2.05, 4.69) is 10.5 Å². The van der Waals surface area contributed by atoms with Gasteiger partial charge in [0.1, 0.15) is 12.4 Å². The number of nitrogens with zero attached hydrogens (tertiary/aromatic N) is 3. The molecule has 0 heterocycles. The number of carbonyl (C=O) groups excluding carboxylic acids is 1. The van der Waals surface area contributed by atoms with E-state index >= 15 is 0 Å². The minimum Gasteiger partial charge on any atom is -0.271 e. The second kappa shape index (κ2) is 10.2. The number of carbonyl (C=O) groups is 1. The summed E-state index contributed by atoms with van der Waals surface area (Å²) in [5.74, 6) is -1.49. The maximum atomic E-state index is 13.8. The molecule has 0 saturated carbocycles. The molecule has 0 aliphatic rings. The van der Waals surface area contributed by atoms with Gasteiger partial charge >= 0.3 is 0 Å². The Morgan fingerprint density at radius 2 is 1.76 bits per heavy atom. The van der Waals surface area contributed by atoms with Crippen LogP contribution >= 0.6 is 11.6 Å². The number of nitrogens with one attached hydrogen (secondary N) is 1. The first-order valence-corrected chi connectivity index (χ1v) is 11.1. The molecule has 0 unspecified atom stereocenters. The molecule has 0 bridgehead atoms. The SMILES string of the molecule is O=C(CN(c1ccc([N+](=O)[O-])cc1)S(=O)(=O)c1ccccc1)N/N=C\c1c(F)cccc1Cl. The third-order valence-electron chi connectivity index (χ3n) is 4.35. The molecule has 12 heteroatoms. The molecule has 0 atom stereocenters. The van der Waals surface area contributed by atoms with Crippen molar-refractivity contribution in [3.05, 3.63) is 99.3 Å². The van der Waals surface area contributed by atoms with Crippen LogP contribution in [-0.2, 0) is 14.8 Å². The van der Waals surface area contributed by atoms with Gasteiger partial charge < -0.3 is 0 Å². The molecule has 170 valence electrons. The Kier molecular flexibility index (Phi) is 7.36. The lowest BCUT2D eigenvalue weighted by molar-refractivity contribution is -0.384. The molecule has 33 heavy (non-hydrogen) atoms. The summed E-state index contributed by atoms with van der Waals surface area (Å²) in [7, 11) is -4.20. The maximum Gasteiger partial charge on any atom is 0.269 e. The summed E-state index contributed by atoms with van der Waals surface area (Å²) < 4.78 is 41.0. The molecule has 0 aromatic heterocycles. The minimum atomic E-state index is -4.20. The van der Waals surface area contributed by atoms with Crippen LogP contribution in [0.3, 0.4) is 0 Å². The normalized spacial score (nSPS) is 11.3. The molecule has 0 saturated heterocycles. The Morgan fingerprint density at radius 1 is 1.09 bits per heavy atom. The van der Waals surface area contributed by atoms with E-state index in [1.165, 1.54) is 48.5 Å². The van der Waals surface area contributed by atoms with E-state index in [4.69, 9.17) is 11.6 Å². The highest BCUT2D eigenvalue weighted by Crippen LogP contribution is 2.25. The number of nitro benzene ring substituents is 1. The Morgan fingerprint density at radius 3 is 2.36 bits per heavy atom. The average Bonchev–Trinajstić information content (AvgIpc) is 2.80. The zero-order chi connectivity index (χ0) is 24.0. The maximum absolute atomic E-state index is 13.8. The van der Waals surface area contributed by atoms with Gasteiger partial charge in [-0.05, 0) is 36.4 Å². The fourth-order valence-corrected chi connectivity index (χ4v) is 4.40. The van der Waals surface area contributed by atoms with Gasteiger partial charge in [0.2, 0.25) is 0 Å². The summed E-state index contributed by atoms with van der Waals surface area (Å²) in [4.78, 5) is 22.7. The molecule has 0 fully saturated rings. The molecule has 0 aliphatic carbocycles. The fourth-order valence-electron chi connectivity index (χ4n) is 2.74. The van der Waals surface area contributed by atoms with Crippen LogP contribution in [0, 0.1) is 15.9 Å². The zero-order valence-corrected chi connectivity index (χ0v) is 18.3. The van der Waals surface area contributed by atoms with Gasteiger partial charge in [-0.3, -0.25) is 19.2 Å². The van der Waals surface area contributed by atoms with Crippen LogP contribution in [0.5, 0.6) is 0 Å². The second-order valence-corrected chi connectivity index (χ2v) is 8.80. The monoisotopic (exact) mass is 490 g/mol. The number of rotatable bonds is 8. The lowest BCUT2D eigenvalue weighted by Crippen LogP contribution is -2.39. The van der Waals surface area contributed by atoms with Crippen molar-refractivity contribution in [2.45, 2.75) is 4.90 Å². The highest BCUT2D eigenvalue weighted by molar-refractivity contribution is 7.92. The number of benzene rings is 3.